The number of pyridine rings is 1. The Morgan fingerprint density at radius 3 is 2.80 bits per heavy atom. The van der Waals surface area contributed by atoms with E-state index in [9.17, 15) is 14.7 Å². The number of aromatic nitrogens is 1. The molecule has 0 bridgehead atoms. The monoisotopic (exact) mass is 205 g/mol. The lowest BCUT2D eigenvalue weighted by molar-refractivity contribution is -0.112. The van der Waals surface area contributed by atoms with E-state index in [-0.39, 0.29) is 17.1 Å². The van der Waals surface area contributed by atoms with Crippen molar-refractivity contribution in [1.82, 2.24) is 4.98 Å². The van der Waals surface area contributed by atoms with Crippen molar-refractivity contribution in [3.05, 3.63) is 33.1 Å². The molecular weight excluding hydrogens is 194 g/mol. The lowest BCUT2D eigenvalue weighted by atomic mass is 9.98. The molecule has 0 aromatic carbocycles. The first-order chi connectivity index (χ1) is 7.09. The van der Waals surface area contributed by atoms with E-state index in [4.69, 9.17) is 0 Å². The largest absolute Gasteiger partial charge is 0.510 e. The topological polar surface area (TPSA) is 70.2 Å². The summed E-state index contributed by atoms with van der Waals surface area (Å²) in [6.45, 7) is 1.49. The van der Waals surface area contributed by atoms with E-state index in [1.807, 2.05) is 0 Å². The summed E-state index contributed by atoms with van der Waals surface area (Å²) in [5, 5.41) is 10.6. The van der Waals surface area contributed by atoms with Crippen LogP contribution in [-0.2, 0) is 4.79 Å². The summed E-state index contributed by atoms with van der Waals surface area (Å²) < 4.78 is 0. The smallest absolute Gasteiger partial charge is 0.248 e. The molecule has 0 amide bonds. The quantitative estimate of drug-likeness (QED) is 0.654. The van der Waals surface area contributed by atoms with Crippen molar-refractivity contribution in [2.45, 2.75) is 19.8 Å². The van der Waals surface area contributed by atoms with Gasteiger partial charge in [-0.05, 0) is 19.4 Å². The van der Waals surface area contributed by atoms with Crippen LogP contribution in [0.4, 0.5) is 0 Å². The number of rotatable bonds is 1. The average Bonchev–Trinajstić information content (AvgIpc) is 2.19. The zero-order valence-electron chi connectivity index (χ0n) is 8.33. The molecule has 1 aromatic heterocycles. The summed E-state index contributed by atoms with van der Waals surface area (Å²) >= 11 is 0. The number of aliphatic hydroxyl groups is 1. The van der Waals surface area contributed by atoms with Crippen LogP contribution < -0.4 is 16.1 Å². The highest BCUT2D eigenvalue weighted by molar-refractivity contribution is 6.13. The predicted octanol–water partition coefficient (Wildman–Crippen LogP) is -0.425. The van der Waals surface area contributed by atoms with Crippen molar-refractivity contribution in [1.29, 1.82) is 0 Å². The Bertz CT molecular complexity index is 595. The van der Waals surface area contributed by atoms with Gasteiger partial charge in [0.25, 0.3) is 0 Å². The number of nitrogens with one attached hydrogen (secondary N) is 1. The van der Waals surface area contributed by atoms with Crippen molar-refractivity contribution in [3.8, 4) is 0 Å². The van der Waals surface area contributed by atoms with E-state index >= 15 is 0 Å². The molecule has 0 spiro atoms. The molecular formula is C11H11NO3. The van der Waals surface area contributed by atoms with Crippen LogP contribution in [0.25, 0.3) is 11.3 Å². The fraction of sp³-hybridized carbons (Fsp3) is 0.273. The van der Waals surface area contributed by atoms with Gasteiger partial charge in [0.05, 0.1) is 5.35 Å². The van der Waals surface area contributed by atoms with Crippen LogP contribution in [-0.4, -0.2) is 15.9 Å². The van der Waals surface area contributed by atoms with Gasteiger partial charge in [0.2, 0.25) is 5.56 Å². The molecule has 1 aromatic rings. The lowest BCUT2D eigenvalue weighted by Crippen LogP contribution is -2.40. The van der Waals surface area contributed by atoms with E-state index in [1.165, 1.54) is 13.0 Å². The van der Waals surface area contributed by atoms with Crippen LogP contribution in [0, 0.1) is 0 Å². The number of hydrogen-bond acceptors (Lipinski definition) is 3. The number of aromatic amines is 1. The van der Waals surface area contributed by atoms with Gasteiger partial charge >= 0.3 is 0 Å². The highest BCUT2D eigenvalue weighted by atomic mass is 16.3. The minimum atomic E-state index is -0.273. The molecule has 0 aliphatic heterocycles. The van der Waals surface area contributed by atoms with E-state index in [0.29, 0.717) is 29.0 Å². The summed E-state index contributed by atoms with van der Waals surface area (Å²) in [4.78, 5) is 25.0. The molecule has 1 aliphatic rings. The third-order valence-corrected chi connectivity index (χ3v) is 2.57. The zero-order valence-corrected chi connectivity index (χ0v) is 8.33. The minimum absolute atomic E-state index is 0.0178. The molecule has 0 saturated carbocycles. The molecule has 15 heavy (non-hydrogen) atoms. The Balaban J connectivity index is 2.97. The number of ketones is 1. The van der Waals surface area contributed by atoms with Crippen molar-refractivity contribution >= 4 is 17.1 Å². The molecule has 0 atom stereocenters. The second kappa shape index (κ2) is 3.38. The second-order valence-corrected chi connectivity index (χ2v) is 3.59. The van der Waals surface area contributed by atoms with Gasteiger partial charge in [-0.15, -0.1) is 0 Å². The molecule has 78 valence electrons. The molecule has 0 radical (unpaired) electrons. The predicted molar refractivity (Wildman–Crippen MR) is 55.7 cm³/mol. The van der Waals surface area contributed by atoms with Crippen molar-refractivity contribution < 1.29 is 9.90 Å². The Labute approximate surface area is 85.6 Å². The van der Waals surface area contributed by atoms with Gasteiger partial charge in [-0.3, -0.25) is 9.59 Å². The van der Waals surface area contributed by atoms with E-state index in [1.54, 1.807) is 6.07 Å². The van der Waals surface area contributed by atoms with Gasteiger partial charge in [0, 0.05) is 23.3 Å². The molecule has 4 heteroatoms. The average molecular weight is 205 g/mol. The fourth-order valence-electron chi connectivity index (χ4n) is 1.82. The van der Waals surface area contributed by atoms with Gasteiger partial charge in [0.1, 0.15) is 5.76 Å². The van der Waals surface area contributed by atoms with Crippen molar-refractivity contribution in [3.63, 3.8) is 0 Å². The Morgan fingerprint density at radius 1 is 1.40 bits per heavy atom. The molecule has 1 aliphatic carbocycles. The highest BCUT2D eigenvalue weighted by Crippen LogP contribution is 2.12. The minimum Gasteiger partial charge on any atom is -0.510 e. The maximum Gasteiger partial charge on any atom is 0.248 e. The molecule has 2 rings (SSSR count). The first kappa shape index (κ1) is 9.71. The third kappa shape index (κ3) is 1.58. The van der Waals surface area contributed by atoms with E-state index in [2.05, 4.69) is 4.98 Å². The second-order valence-electron chi connectivity index (χ2n) is 3.59. The molecule has 1 heterocycles. The number of fused-ring (bicyclic) bond motifs is 1. The molecule has 0 saturated heterocycles. The number of aliphatic hydroxyl groups excluding tert-OH is 1. The molecule has 0 fully saturated rings. The summed E-state index contributed by atoms with van der Waals surface area (Å²) in [7, 11) is 0. The summed E-state index contributed by atoms with van der Waals surface area (Å²) in [5.74, 6) is 0.128. The third-order valence-electron chi connectivity index (χ3n) is 2.57. The maximum absolute atomic E-state index is 11.3. The first-order valence-corrected chi connectivity index (χ1v) is 4.75. The van der Waals surface area contributed by atoms with Crippen LogP contribution >= 0.6 is 0 Å². The number of carbonyl (C=O) groups excluding carboxylic acids is 1. The summed E-state index contributed by atoms with van der Waals surface area (Å²) in [6, 6.07) is 2.95. The Kier molecular flexibility index (Phi) is 2.19. The number of Topliss-reactive ketones (excluding diaryl/α,β-unsaturated/α-hetero) is 1. The van der Waals surface area contributed by atoms with E-state index < -0.39 is 0 Å². The fourth-order valence-corrected chi connectivity index (χ4v) is 1.82. The van der Waals surface area contributed by atoms with Crippen molar-refractivity contribution in [2.24, 2.45) is 0 Å². The van der Waals surface area contributed by atoms with Crippen LogP contribution in [0.1, 0.15) is 19.8 Å². The van der Waals surface area contributed by atoms with Crippen LogP contribution in [0.15, 0.2) is 16.9 Å². The standard InChI is InChI=1S/C11H11NO3/c1-6(13)7-2-4-9(14)11-8(7)3-5-10(15)12-11/h3,5,14H,2,4H2,1H3,(H,12,15). The number of hydrogen-bond donors (Lipinski definition) is 2. The first-order valence-electron chi connectivity index (χ1n) is 4.75. The van der Waals surface area contributed by atoms with Gasteiger partial charge in [-0.1, -0.05) is 0 Å². The Morgan fingerprint density at radius 2 is 2.13 bits per heavy atom. The number of H-pyrrole nitrogens is 1. The summed E-state index contributed by atoms with van der Waals surface area (Å²) in [6.07, 6.45) is 0.933. The lowest BCUT2D eigenvalue weighted by Gasteiger charge is -2.10. The van der Waals surface area contributed by atoms with Gasteiger partial charge in [-0.2, -0.15) is 0 Å². The normalized spacial score (nSPS) is 15.0. The zero-order chi connectivity index (χ0) is 11.0. The highest BCUT2D eigenvalue weighted by Gasteiger charge is 2.13. The SMILES string of the molecule is CC(=O)C1=c2ccc(=O)[nH]c2=C(O)CC1. The molecule has 0 unspecified atom stereocenters. The number of carbonyl (C=O) groups is 1. The van der Waals surface area contributed by atoms with Gasteiger partial charge in [-0.25, -0.2) is 0 Å². The van der Waals surface area contributed by atoms with Crippen LogP contribution in [0.5, 0.6) is 0 Å². The van der Waals surface area contributed by atoms with Gasteiger partial charge in [0.15, 0.2) is 5.78 Å². The van der Waals surface area contributed by atoms with Crippen LogP contribution in [0.2, 0.25) is 0 Å². The van der Waals surface area contributed by atoms with Crippen LogP contribution in [0.3, 0.4) is 0 Å². The van der Waals surface area contributed by atoms with E-state index in [0.717, 1.165) is 0 Å². The van der Waals surface area contributed by atoms with Gasteiger partial charge < -0.3 is 10.1 Å². The van der Waals surface area contributed by atoms with Crippen molar-refractivity contribution in [2.75, 3.05) is 0 Å². The maximum atomic E-state index is 11.3. The Hall–Kier alpha value is -1.84. The molecule has 4 nitrogen and oxygen atoms in total. The molecule has 2 N–H and O–H groups in total. The summed E-state index contributed by atoms with van der Waals surface area (Å²) in [5.41, 5.74) is 0.393.